The van der Waals surface area contributed by atoms with Crippen molar-refractivity contribution < 1.29 is 9.18 Å². The second kappa shape index (κ2) is 4.66. The van der Waals surface area contributed by atoms with Crippen LogP contribution in [0.25, 0.3) is 0 Å². The number of aryl methyl sites for hydroxylation is 1. The highest BCUT2D eigenvalue weighted by atomic mass is 79.9. The fraction of sp³-hybridized carbons (Fsp3) is 0.300. The van der Waals surface area contributed by atoms with E-state index in [2.05, 4.69) is 21.2 Å². The molecule has 0 aromatic heterocycles. The lowest BCUT2D eigenvalue weighted by Crippen LogP contribution is -2.20. The van der Waals surface area contributed by atoms with Gasteiger partial charge in [-0.25, -0.2) is 4.39 Å². The van der Waals surface area contributed by atoms with Gasteiger partial charge < -0.3 is 5.32 Å². The van der Waals surface area contributed by atoms with Gasteiger partial charge in [0.25, 0.3) is 0 Å². The Labute approximate surface area is 90.6 Å². The van der Waals surface area contributed by atoms with Crippen molar-refractivity contribution in [1.29, 1.82) is 0 Å². The average Bonchev–Trinajstić information content (AvgIpc) is 2.13. The lowest BCUT2D eigenvalue weighted by Gasteiger charge is -2.06. The fourth-order valence-corrected chi connectivity index (χ4v) is 1.69. The minimum Gasteiger partial charge on any atom is -0.313 e. The highest BCUT2D eigenvalue weighted by molar-refractivity contribution is 9.10. The number of likely N-dealkylation sites (N-methyl/N-ethyl adjacent to an activating group) is 1. The first-order chi connectivity index (χ1) is 6.57. The van der Waals surface area contributed by atoms with Crippen molar-refractivity contribution in [2.75, 3.05) is 13.6 Å². The molecule has 0 saturated heterocycles. The highest BCUT2D eigenvalue weighted by Gasteiger charge is 2.16. The molecule has 0 aliphatic rings. The molecule has 4 heteroatoms. The van der Waals surface area contributed by atoms with Crippen LogP contribution in [0.15, 0.2) is 16.6 Å². The van der Waals surface area contributed by atoms with Crippen LogP contribution < -0.4 is 5.32 Å². The summed E-state index contributed by atoms with van der Waals surface area (Å²) in [5.41, 5.74) is 0.604. The van der Waals surface area contributed by atoms with Crippen molar-refractivity contribution in [3.63, 3.8) is 0 Å². The smallest absolute Gasteiger partial charge is 0.180 e. The molecule has 0 spiro atoms. The normalized spacial score (nSPS) is 10.3. The Morgan fingerprint density at radius 3 is 2.79 bits per heavy atom. The van der Waals surface area contributed by atoms with Gasteiger partial charge in [-0.05, 0) is 41.5 Å². The lowest BCUT2D eigenvalue weighted by molar-refractivity contribution is 0.0989. The van der Waals surface area contributed by atoms with Crippen LogP contribution >= 0.6 is 15.9 Å². The average molecular weight is 260 g/mol. The van der Waals surface area contributed by atoms with E-state index < -0.39 is 5.82 Å². The van der Waals surface area contributed by atoms with E-state index in [9.17, 15) is 9.18 Å². The summed E-state index contributed by atoms with van der Waals surface area (Å²) in [5, 5.41) is 2.70. The molecule has 0 saturated carbocycles. The Bertz CT molecular complexity index is 365. The molecule has 0 atom stereocenters. The molecule has 0 heterocycles. The molecule has 0 fully saturated rings. The zero-order valence-corrected chi connectivity index (χ0v) is 9.61. The molecule has 0 unspecified atom stereocenters. The standard InChI is InChI=1S/C10H11BrFNO/c1-6-3-4-7(11)9(10(6)12)8(14)5-13-2/h3-4,13H,5H2,1-2H3. The first-order valence-electron chi connectivity index (χ1n) is 4.20. The molecule has 0 amide bonds. The van der Waals surface area contributed by atoms with Crippen molar-refractivity contribution in [3.05, 3.63) is 33.5 Å². The second-order valence-electron chi connectivity index (χ2n) is 3.01. The van der Waals surface area contributed by atoms with E-state index in [-0.39, 0.29) is 17.9 Å². The van der Waals surface area contributed by atoms with Crippen LogP contribution in [0.1, 0.15) is 15.9 Å². The second-order valence-corrected chi connectivity index (χ2v) is 3.86. The number of Topliss-reactive ketones (excluding diaryl/α,β-unsaturated/α-hetero) is 1. The van der Waals surface area contributed by atoms with E-state index in [0.29, 0.717) is 10.0 Å². The Hall–Kier alpha value is -0.740. The van der Waals surface area contributed by atoms with E-state index in [0.717, 1.165) is 0 Å². The third-order valence-corrected chi connectivity index (χ3v) is 2.56. The van der Waals surface area contributed by atoms with Gasteiger partial charge in [-0.15, -0.1) is 0 Å². The van der Waals surface area contributed by atoms with Gasteiger partial charge in [0.1, 0.15) is 5.82 Å². The number of nitrogens with one attached hydrogen (secondary N) is 1. The van der Waals surface area contributed by atoms with Crippen molar-refractivity contribution >= 4 is 21.7 Å². The summed E-state index contributed by atoms with van der Waals surface area (Å²) in [4.78, 5) is 11.5. The largest absolute Gasteiger partial charge is 0.313 e. The van der Waals surface area contributed by atoms with E-state index in [1.165, 1.54) is 0 Å². The summed E-state index contributed by atoms with van der Waals surface area (Å²) in [6.07, 6.45) is 0. The molecular weight excluding hydrogens is 249 g/mol. The quantitative estimate of drug-likeness (QED) is 0.845. The first kappa shape index (κ1) is 11.3. The number of hydrogen-bond donors (Lipinski definition) is 1. The van der Waals surface area contributed by atoms with Crippen molar-refractivity contribution in [3.8, 4) is 0 Å². The van der Waals surface area contributed by atoms with Gasteiger partial charge in [-0.3, -0.25) is 4.79 Å². The molecule has 2 nitrogen and oxygen atoms in total. The van der Waals surface area contributed by atoms with Gasteiger partial charge in [0.2, 0.25) is 0 Å². The number of hydrogen-bond acceptors (Lipinski definition) is 2. The van der Waals surface area contributed by atoms with E-state index in [1.807, 2.05) is 0 Å². The summed E-state index contributed by atoms with van der Waals surface area (Å²) >= 11 is 3.16. The van der Waals surface area contributed by atoms with Crippen LogP contribution in [0.3, 0.4) is 0 Å². The topological polar surface area (TPSA) is 29.1 Å². The van der Waals surface area contributed by atoms with Crippen molar-refractivity contribution in [1.82, 2.24) is 5.32 Å². The molecule has 1 aromatic rings. The van der Waals surface area contributed by atoms with Gasteiger partial charge in [0, 0.05) is 4.47 Å². The Morgan fingerprint density at radius 1 is 1.57 bits per heavy atom. The minimum absolute atomic E-state index is 0.124. The molecule has 1 N–H and O–H groups in total. The number of carbonyl (C=O) groups is 1. The van der Waals surface area contributed by atoms with Crippen LogP contribution in [0, 0.1) is 12.7 Å². The number of ketones is 1. The maximum atomic E-state index is 13.6. The van der Waals surface area contributed by atoms with E-state index >= 15 is 0 Å². The Morgan fingerprint density at radius 2 is 2.21 bits per heavy atom. The predicted molar refractivity (Wildman–Crippen MR) is 57.1 cm³/mol. The number of benzene rings is 1. The molecule has 0 radical (unpaired) electrons. The number of halogens is 2. The molecule has 0 aliphatic heterocycles. The number of carbonyl (C=O) groups excluding carboxylic acids is 1. The van der Waals surface area contributed by atoms with E-state index in [1.54, 1.807) is 26.1 Å². The molecule has 1 rings (SSSR count). The molecule has 76 valence electrons. The SMILES string of the molecule is CNCC(=O)c1c(Br)ccc(C)c1F. The Balaban J connectivity index is 3.18. The van der Waals surface area contributed by atoms with Crippen molar-refractivity contribution in [2.45, 2.75) is 6.92 Å². The van der Waals surface area contributed by atoms with Gasteiger partial charge >= 0.3 is 0 Å². The first-order valence-corrected chi connectivity index (χ1v) is 4.99. The van der Waals surface area contributed by atoms with Gasteiger partial charge in [-0.2, -0.15) is 0 Å². The van der Waals surface area contributed by atoms with Crippen LogP contribution in [0.2, 0.25) is 0 Å². The summed E-state index contributed by atoms with van der Waals surface area (Å²) in [6.45, 7) is 1.77. The third kappa shape index (κ3) is 2.19. The molecule has 1 aromatic carbocycles. The number of rotatable bonds is 3. The van der Waals surface area contributed by atoms with Gasteiger partial charge in [0.05, 0.1) is 12.1 Å². The predicted octanol–water partition coefficient (Wildman–Crippen LogP) is 2.30. The molecule has 14 heavy (non-hydrogen) atoms. The zero-order chi connectivity index (χ0) is 10.7. The van der Waals surface area contributed by atoms with Crippen LogP contribution in [-0.2, 0) is 0 Å². The third-order valence-electron chi connectivity index (χ3n) is 1.90. The molecule has 0 bridgehead atoms. The maximum absolute atomic E-state index is 13.6. The summed E-state index contributed by atoms with van der Waals surface area (Å²) in [6, 6.07) is 3.32. The van der Waals surface area contributed by atoms with Crippen LogP contribution in [0.5, 0.6) is 0 Å². The maximum Gasteiger partial charge on any atom is 0.180 e. The Kier molecular flexibility index (Phi) is 3.77. The van der Waals surface area contributed by atoms with E-state index in [4.69, 9.17) is 0 Å². The highest BCUT2D eigenvalue weighted by Crippen LogP contribution is 2.22. The van der Waals surface area contributed by atoms with Crippen molar-refractivity contribution in [2.24, 2.45) is 0 Å². The summed E-state index contributed by atoms with van der Waals surface area (Å²) < 4.78 is 14.1. The monoisotopic (exact) mass is 259 g/mol. The zero-order valence-electron chi connectivity index (χ0n) is 8.03. The lowest BCUT2D eigenvalue weighted by atomic mass is 10.1. The minimum atomic E-state index is -0.445. The van der Waals surface area contributed by atoms with Gasteiger partial charge in [-0.1, -0.05) is 6.07 Å². The van der Waals surface area contributed by atoms with Crippen LogP contribution in [0.4, 0.5) is 4.39 Å². The molecule has 0 aliphatic carbocycles. The molecular formula is C10H11BrFNO. The van der Waals surface area contributed by atoms with Crippen LogP contribution in [-0.4, -0.2) is 19.4 Å². The summed E-state index contributed by atoms with van der Waals surface area (Å²) in [7, 11) is 1.65. The van der Waals surface area contributed by atoms with Gasteiger partial charge in [0.15, 0.2) is 5.78 Å². The summed E-state index contributed by atoms with van der Waals surface area (Å²) in [5.74, 6) is -0.694. The fourth-order valence-electron chi connectivity index (χ4n) is 1.16.